The highest BCUT2D eigenvalue weighted by atomic mass is 32.1. The molecule has 19 heavy (non-hydrogen) atoms. The monoisotopic (exact) mass is 276 g/mol. The normalized spacial score (nSPS) is 10.3. The Balaban J connectivity index is 2.19. The first-order valence-electron chi connectivity index (χ1n) is 5.65. The van der Waals surface area contributed by atoms with Crippen LogP contribution in [-0.4, -0.2) is 22.0 Å². The van der Waals surface area contributed by atoms with Crippen LogP contribution in [0.1, 0.15) is 23.2 Å². The fourth-order valence-corrected chi connectivity index (χ4v) is 2.45. The molecule has 0 unspecified atom stereocenters. The van der Waals surface area contributed by atoms with Crippen molar-refractivity contribution in [3.63, 3.8) is 0 Å². The molecule has 0 aliphatic rings. The molecule has 0 saturated heterocycles. The number of aromatic nitrogens is 1. The zero-order valence-electron chi connectivity index (χ0n) is 10.0. The average molecular weight is 276 g/mol. The Morgan fingerprint density at radius 3 is 2.95 bits per heavy atom. The molecule has 1 aromatic heterocycles. The fraction of sp³-hybridized carbons (Fsp3) is 0.154. The number of aromatic carboxylic acids is 1. The van der Waals surface area contributed by atoms with E-state index in [0.717, 1.165) is 4.70 Å². The van der Waals surface area contributed by atoms with E-state index in [1.54, 1.807) is 18.2 Å². The topological polar surface area (TPSA) is 79.3 Å². The SMILES string of the molecule is C=CCCC(=O)Nc1nc2ccc(C(=O)O)cc2s1. The van der Waals surface area contributed by atoms with Gasteiger partial charge < -0.3 is 10.4 Å². The van der Waals surface area contributed by atoms with Crippen molar-refractivity contribution in [1.82, 2.24) is 4.98 Å². The Hall–Kier alpha value is -2.21. The molecule has 0 radical (unpaired) electrons. The van der Waals surface area contributed by atoms with Gasteiger partial charge in [-0.25, -0.2) is 9.78 Å². The molecule has 98 valence electrons. The Kier molecular flexibility index (Phi) is 3.91. The zero-order valence-corrected chi connectivity index (χ0v) is 10.9. The van der Waals surface area contributed by atoms with Gasteiger partial charge in [0.15, 0.2) is 5.13 Å². The van der Waals surface area contributed by atoms with E-state index < -0.39 is 5.97 Å². The van der Waals surface area contributed by atoms with Crippen LogP contribution in [0.5, 0.6) is 0 Å². The quantitative estimate of drug-likeness (QED) is 0.823. The van der Waals surface area contributed by atoms with E-state index in [1.165, 1.54) is 17.4 Å². The minimum atomic E-state index is -0.980. The van der Waals surface area contributed by atoms with Crippen LogP contribution < -0.4 is 5.32 Å². The van der Waals surface area contributed by atoms with Gasteiger partial charge in [-0.3, -0.25) is 4.79 Å². The van der Waals surface area contributed by atoms with Crippen LogP contribution in [0.4, 0.5) is 5.13 Å². The molecule has 1 amide bonds. The Morgan fingerprint density at radius 2 is 2.26 bits per heavy atom. The molecule has 0 bridgehead atoms. The van der Waals surface area contributed by atoms with Gasteiger partial charge in [0, 0.05) is 6.42 Å². The van der Waals surface area contributed by atoms with Crippen molar-refractivity contribution in [2.45, 2.75) is 12.8 Å². The summed E-state index contributed by atoms with van der Waals surface area (Å²) in [6.07, 6.45) is 2.65. The summed E-state index contributed by atoms with van der Waals surface area (Å²) in [4.78, 5) is 26.6. The van der Waals surface area contributed by atoms with Gasteiger partial charge in [-0.2, -0.15) is 0 Å². The molecule has 0 saturated carbocycles. The number of allylic oxidation sites excluding steroid dienone is 1. The molecular formula is C13H12N2O3S. The summed E-state index contributed by atoms with van der Waals surface area (Å²) in [5.74, 6) is -1.11. The molecule has 0 aliphatic heterocycles. The van der Waals surface area contributed by atoms with E-state index in [0.29, 0.717) is 23.5 Å². The summed E-state index contributed by atoms with van der Waals surface area (Å²) in [6, 6.07) is 4.68. The number of carbonyl (C=O) groups is 2. The summed E-state index contributed by atoms with van der Waals surface area (Å²) in [5.41, 5.74) is 0.884. The number of hydrogen-bond donors (Lipinski definition) is 2. The summed E-state index contributed by atoms with van der Waals surface area (Å²) in [7, 11) is 0. The van der Waals surface area contributed by atoms with E-state index in [2.05, 4.69) is 16.9 Å². The number of fused-ring (bicyclic) bond motifs is 1. The predicted molar refractivity (Wildman–Crippen MR) is 74.6 cm³/mol. The average Bonchev–Trinajstić information content (AvgIpc) is 2.77. The first-order chi connectivity index (χ1) is 9.10. The number of nitrogens with zero attached hydrogens (tertiary/aromatic N) is 1. The number of benzene rings is 1. The van der Waals surface area contributed by atoms with Crippen LogP contribution in [0, 0.1) is 0 Å². The first kappa shape index (κ1) is 13.2. The summed E-state index contributed by atoms with van der Waals surface area (Å²) < 4.78 is 0.735. The van der Waals surface area contributed by atoms with Crippen LogP contribution in [0.3, 0.4) is 0 Å². The van der Waals surface area contributed by atoms with E-state index in [1.807, 2.05) is 0 Å². The standard InChI is InChI=1S/C13H12N2O3S/c1-2-3-4-11(16)15-13-14-9-6-5-8(12(17)18)7-10(9)19-13/h2,5-7H,1,3-4H2,(H,17,18)(H,14,15,16). The van der Waals surface area contributed by atoms with Gasteiger partial charge in [-0.1, -0.05) is 17.4 Å². The van der Waals surface area contributed by atoms with Crippen LogP contribution in [-0.2, 0) is 4.79 Å². The van der Waals surface area contributed by atoms with Crippen molar-refractivity contribution in [1.29, 1.82) is 0 Å². The number of rotatable bonds is 5. The molecule has 0 atom stereocenters. The maximum absolute atomic E-state index is 11.5. The summed E-state index contributed by atoms with van der Waals surface area (Å²) in [6.45, 7) is 3.55. The first-order valence-corrected chi connectivity index (χ1v) is 6.46. The molecule has 0 spiro atoms. The highest BCUT2D eigenvalue weighted by molar-refractivity contribution is 7.22. The van der Waals surface area contributed by atoms with Gasteiger partial charge in [0.05, 0.1) is 15.8 Å². The number of nitrogens with one attached hydrogen (secondary N) is 1. The largest absolute Gasteiger partial charge is 0.478 e. The zero-order chi connectivity index (χ0) is 13.8. The fourth-order valence-electron chi connectivity index (χ4n) is 1.53. The van der Waals surface area contributed by atoms with Gasteiger partial charge in [0.1, 0.15) is 0 Å². The molecular weight excluding hydrogens is 264 g/mol. The second-order valence-corrected chi connectivity index (χ2v) is 4.91. The number of carbonyl (C=O) groups excluding carboxylic acids is 1. The minimum absolute atomic E-state index is 0.127. The van der Waals surface area contributed by atoms with Gasteiger partial charge in [0.25, 0.3) is 0 Å². The lowest BCUT2D eigenvalue weighted by atomic mass is 10.2. The number of anilines is 1. The predicted octanol–water partition coefficient (Wildman–Crippen LogP) is 2.90. The number of hydrogen-bond acceptors (Lipinski definition) is 4. The van der Waals surface area contributed by atoms with Crippen LogP contribution in [0.2, 0.25) is 0 Å². The van der Waals surface area contributed by atoms with E-state index in [9.17, 15) is 9.59 Å². The number of carboxylic acids is 1. The maximum atomic E-state index is 11.5. The lowest BCUT2D eigenvalue weighted by Crippen LogP contribution is -2.10. The second-order valence-electron chi connectivity index (χ2n) is 3.88. The van der Waals surface area contributed by atoms with E-state index in [4.69, 9.17) is 5.11 Å². The molecule has 5 nitrogen and oxygen atoms in total. The van der Waals surface area contributed by atoms with Gasteiger partial charge in [-0.15, -0.1) is 6.58 Å². The van der Waals surface area contributed by atoms with Crippen molar-refractivity contribution >= 4 is 38.6 Å². The van der Waals surface area contributed by atoms with Crippen molar-refractivity contribution in [2.75, 3.05) is 5.32 Å². The molecule has 2 aromatic rings. The second kappa shape index (κ2) is 5.62. The molecule has 1 heterocycles. The smallest absolute Gasteiger partial charge is 0.335 e. The molecule has 0 aliphatic carbocycles. The van der Waals surface area contributed by atoms with Crippen molar-refractivity contribution in [3.05, 3.63) is 36.4 Å². The van der Waals surface area contributed by atoms with Crippen molar-refractivity contribution in [2.24, 2.45) is 0 Å². The van der Waals surface area contributed by atoms with Gasteiger partial charge in [-0.05, 0) is 24.6 Å². The van der Waals surface area contributed by atoms with Crippen LogP contribution in [0.15, 0.2) is 30.9 Å². The van der Waals surface area contributed by atoms with Crippen molar-refractivity contribution < 1.29 is 14.7 Å². The Bertz CT molecular complexity index is 648. The third kappa shape index (κ3) is 3.17. The Labute approximate surface area is 113 Å². The van der Waals surface area contributed by atoms with Crippen molar-refractivity contribution in [3.8, 4) is 0 Å². The highest BCUT2D eigenvalue weighted by Crippen LogP contribution is 2.27. The van der Waals surface area contributed by atoms with Crippen LogP contribution >= 0.6 is 11.3 Å². The molecule has 1 aromatic carbocycles. The number of thiazole rings is 1. The minimum Gasteiger partial charge on any atom is -0.478 e. The van der Waals surface area contributed by atoms with E-state index >= 15 is 0 Å². The molecule has 2 rings (SSSR count). The van der Waals surface area contributed by atoms with Gasteiger partial charge in [0.2, 0.25) is 5.91 Å². The highest BCUT2D eigenvalue weighted by Gasteiger charge is 2.09. The molecule has 2 N–H and O–H groups in total. The number of amides is 1. The lowest BCUT2D eigenvalue weighted by Gasteiger charge is -1.97. The number of carboxylic acid groups (broad SMARTS) is 1. The summed E-state index contributed by atoms with van der Waals surface area (Å²) in [5, 5.41) is 12.1. The molecule has 6 heteroatoms. The summed E-state index contributed by atoms with van der Waals surface area (Å²) >= 11 is 1.26. The molecule has 0 fully saturated rings. The lowest BCUT2D eigenvalue weighted by molar-refractivity contribution is -0.116. The van der Waals surface area contributed by atoms with Gasteiger partial charge >= 0.3 is 5.97 Å². The maximum Gasteiger partial charge on any atom is 0.335 e. The third-order valence-corrected chi connectivity index (χ3v) is 3.39. The Morgan fingerprint density at radius 1 is 1.47 bits per heavy atom. The van der Waals surface area contributed by atoms with E-state index in [-0.39, 0.29) is 11.5 Å². The third-order valence-electron chi connectivity index (χ3n) is 2.46. The van der Waals surface area contributed by atoms with Crippen LogP contribution in [0.25, 0.3) is 10.2 Å².